The third-order valence-electron chi connectivity index (χ3n) is 6.82. The highest BCUT2D eigenvalue weighted by molar-refractivity contribution is 6.30. The van der Waals surface area contributed by atoms with E-state index in [1.54, 1.807) is 0 Å². The molecule has 0 aromatic heterocycles. The predicted octanol–water partition coefficient (Wildman–Crippen LogP) is 7.11. The number of carbonyl (C=O) groups excluding carboxylic acids is 1. The van der Waals surface area contributed by atoms with Crippen LogP contribution in [0.5, 0.6) is 0 Å². The van der Waals surface area contributed by atoms with Crippen molar-refractivity contribution in [3.05, 3.63) is 69.7 Å². The Balaban J connectivity index is 2.19. The molecule has 0 saturated carbocycles. The van der Waals surface area contributed by atoms with Crippen LogP contribution < -0.4 is 0 Å². The summed E-state index contributed by atoms with van der Waals surface area (Å²) in [5, 5.41) is 10.6. The first-order chi connectivity index (χ1) is 15.2. The minimum Gasteiger partial charge on any atom is -0.481 e. The van der Waals surface area contributed by atoms with Crippen molar-refractivity contribution in [1.29, 1.82) is 0 Å². The number of piperidine rings is 1. The quantitative estimate of drug-likeness (QED) is 0.442. The van der Waals surface area contributed by atoms with Gasteiger partial charge >= 0.3 is 5.97 Å². The van der Waals surface area contributed by atoms with Crippen LogP contribution in [0.25, 0.3) is 0 Å². The van der Waals surface area contributed by atoms with Gasteiger partial charge < -0.3 is 10.0 Å². The van der Waals surface area contributed by atoms with E-state index in [0.29, 0.717) is 22.9 Å². The number of halogens is 2. The molecule has 0 radical (unpaired) electrons. The van der Waals surface area contributed by atoms with Crippen LogP contribution in [0, 0.1) is 5.41 Å². The zero-order valence-corrected chi connectivity index (χ0v) is 20.4. The molecular weight excluding hydrogens is 445 g/mol. The molecule has 1 saturated heterocycles. The third kappa shape index (κ3) is 5.13. The maximum absolute atomic E-state index is 14.0. The average molecular weight is 476 g/mol. The molecule has 4 nitrogen and oxygen atoms in total. The first kappa shape index (κ1) is 24.6. The van der Waals surface area contributed by atoms with Gasteiger partial charge in [-0.15, -0.1) is 0 Å². The van der Waals surface area contributed by atoms with Crippen molar-refractivity contribution in [2.24, 2.45) is 5.41 Å². The van der Waals surface area contributed by atoms with Crippen LogP contribution in [0.1, 0.15) is 76.0 Å². The second kappa shape index (κ2) is 10.3. The van der Waals surface area contributed by atoms with Crippen LogP contribution in [-0.4, -0.2) is 27.9 Å². The van der Waals surface area contributed by atoms with E-state index in [1.807, 2.05) is 54.3 Å². The van der Waals surface area contributed by atoms with Crippen LogP contribution in [0.3, 0.4) is 0 Å². The predicted molar refractivity (Wildman–Crippen MR) is 129 cm³/mol. The lowest BCUT2D eigenvalue weighted by Gasteiger charge is -2.52. The summed E-state index contributed by atoms with van der Waals surface area (Å²) in [6.07, 6.45) is 2.48. The summed E-state index contributed by atoms with van der Waals surface area (Å²) in [4.78, 5) is 27.4. The van der Waals surface area contributed by atoms with Crippen LogP contribution in [0.2, 0.25) is 10.0 Å². The molecule has 3 atom stereocenters. The SMILES string of the molecule is CCC(CC)N1C(=O)[C@@](C)(CCC(=O)O)C[C@H](c2cccc(Cl)c2)[C@H]1c1ccc(Cl)cc1. The van der Waals surface area contributed by atoms with Gasteiger partial charge in [0.05, 0.1) is 6.04 Å². The largest absolute Gasteiger partial charge is 0.481 e. The van der Waals surface area contributed by atoms with Gasteiger partial charge in [0.2, 0.25) is 5.91 Å². The van der Waals surface area contributed by atoms with Gasteiger partial charge in [-0.25, -0.2) is 0 Å². The van der Waals surface area contributed by atoms with Gasteiger partial charge in [0.25, 0.3) is 0 Å². The highest BCUT2D eigenvalue weighted by Crippen LogP contribution is 2.52. The van der Waals surface area contributed by atoms with Crippen LogP contribution in [-0.2, 0) is 9.59 Å². The zero-order chi connectivity index (χ0) is 23.5. The second-order valence-electron chi connectivity index (χ2n) is 9.00. The highest BCUT2D eigenvalue weighted by atomic mass is 35.5. The molecule has 2 aromatic carbocycles. The van der Waals surface area contributed by atoms with Crippen LogP contribution in [0.15, 0.2) is 48.5 Å². The monoisotopic (exact) mass is 475 g/mol. The minimum absolute atomic E-state index is 0.0213. The Morgan fingerprint density at radius 3 is 2.31 bits per heavy atom. The van der Waals surface area contributed by atoms with E-state index >= 15 is 0 Å². The number of carboxylic acids is 1. The Bertz CT molecular complexity index is 958. The first-order valence-electron chi connectivity index (χ1n) is 11.3. The normalized spacial score (nSPS) is 23.6. The third-order valence-corrected chi connectivity index (χ3v) is 7.30. The maximum atomic E-state index is 14.0. The van der Waals surface area contributed by atoms with E-state index in [-0.39, 0.29) is 30.3 Å². The molecule has 172 valence electrons. The lowest BCUT2D eigenvalue weighted by atomic mass is 9.66. The Morgan fingerprint density at radius 1 is 1.09 bits per heavy atom. The van der Waals surface area contributed by atoms with Gasteiger partial charge in [-0.05, 0) is 61.1 Å². The fraction of sp³-hybridized carbons (Fsp3) is 0.462. The van der Waals surface area contributed by atoms with E-state index in [4.69, 9.17) is 23.2 Å². The summed E-state index contributed by atoms with van der Waals surface area (Å²) in [5.41, 5.74) is 1.32. The molecule has 32 heavy (non-hydrogen) atoms. The lowest BCUT2D eigenvalue weighted by molar-refractivity contribution is -0.156. The molecule has 2 aromatic rings. The second-order valence-corrected chi connectivity index (χ2v) is 9.87. The fourth-order valence-corrected chi connectivity index (χ4v) is 5.40. The van der Waals surface area contributed by atoms with Gasteiger partial charge in [0.15, 0.2) is 0 Å². The molecule has 1 amide bonds. The molecule has 3 rings (SSSR count). The van der Waals surface area contributed by atoms with E-state index < -0.39 is 11.4 Å². The van der Waals surface area contributed by atoms with Gasteiger partial charge in [-0.1, -0.05) is 68.2 Å². The lowest BCUT2D eigenvalue weighted by Crippen LogP contribution is -2.55. The number of nitrogens with zero attached hydrogens (tertiary/aromatic N) is 1. The van der Waals surface area contributed by atoms with Gasteiger partial charge in [0, 0.05) is 33.8 Å². The Kier molecular flexibility index (Phi) is 7.89. The smallest absolute Gasteiger partial charge is 0.303 e. The van der Waals surface area contributed by atoms with Crippen molar-refractivity contribution in [1.82, 2.24) is 4.90 Å². The standard InChI is InChI=1S/C26H31Cl2NO3/c1-4-21(5-2)29-24(17-9-11-19(27)12-10-17)22(18-7-6-8-20(28)15-18)16-26(3,25(29)32)14-13-23(30)31/h6-12,15,21-22,24H,4-5,13-14,16H2,1-3H3,(H,30,31)/t22-,24-,26+/m1/s1. The zero-order valence-electron chi connectivity index (χ0n) is 18.9. The number of hydrogen-bond acceptors (Lipinski definition) is 2. The van der Waals surface area contributed by atoms with Crippen molar-refractivity contribution < 1.29 is 14.7 Å². The van der Waals surface area contributed by atoms with Gasteiger partial charge in [0.1, 0.15) is 0 Å². The number of benzene rings is 2. The molecule has 1 aliphatic heterocycles. The van der Waals surface area contributed by atoms with Crippen molar-refractivity contribution in [2.75, 3.05) is 0 Å². The summed E-state index contributed by atoms with van der Waals surface area (Å²) < 4.78 is 0. The molecule has 1 heterocycles. The van der Waals surface area contributed by atoms with E-state index in [0.717, 1.165) is 24.0 Å². The fourth-order valence-electron chi connectivity index (χ4n) is 5.07. The highest BCUT2D eigenvalue weighted by Gasteiger charge is 2.51. The summed E-state index contributed by atoms with van der Waals surface area (Å²) in [6, 6.07) is 15.4. The molecule has 0 unspecified atom stereocenters. The van der Waals surface area contributed by atoms with Crippen molar-refractivity contribution in [3.8, 4) is 0 Å². The van der Waals surface area contributed by atoms with Crippen LogP contribution in [0.4, 0.5) is 0 Å². The summed E-state index contributed by atoms with van der Waals surface area (Å²) in [5.74, 6) is -0.870. The summed E-state index contributed by atoms with van der Waals surface area (Å²) >= 11 is 12.5. The summed E-state index contributed by atoms with van der Waals surface area (Å²) in [7, 11) is 0. The number of amides is 1. The molecular formula is C26H31Cl2NO3. The average Bonchev–Trinajstić information content (AvgIpc) is 2.77. The summed E-state index contributed by atoms with van der Waals surface area (Å²) in [6.45, 7) is 6.11. The van der Waals surface area contributed by atoms with Gasteiger partial charge in [-0.3, -0.25) is 9.59 Å². The Hall–Kier alpha value is -2.04. The van der Waals surface area contributed by atoms with Gasteiger partial charge in [-0.2, -0.15) is 0 Å². The molecule has 1 fully saturated rings. The number of rotatable bonds is 8. The number of carbonyl (C=O) groups is 2. The van der Waals surface area contributed by atoms with E-state index in [2.05, 4.69) is 19.9 Å². The molecule has 0 spiro atoms. The maximum Gasteiger partial charge on any atom is 0.303 e. The Labute approximate surface area is 200 Å². The molecule has 0 bridgehead atoms. The Morgan fingerprint density at radius 2 is 1.75 bits per heavy atom. The van der Waals surface area contributed by atoms with Crippen molar-refractivity contribution >= 4 is 35.1 Å². The van der Waals surface area contributed by atoms with Crippen molar-refractivity contribution in [3.63, 3.8) is 0 Å². The topological polar surface area (TPSA) is 57.6 Å². The molecule has 0 aliphatic carbocycles. The molecule has 1 N–H and O–H groups in total. The number of hydrogen-bond donors (Lipinski definition) is 1. The van der Waals surface area contributed by atoms with Crippen LogP contribution >= 0.6 is 23.2 Å². The van der Waals surface area contributed by atoms with Crippen molar-refractivity contribution in [2.45, 2.75) is 70.9 Å². The first-order valence-corrected chi connectivity index (χ1v) is 12.0. The number of aliphatic carboxylic acids is 1. The number of likely N-dealkylation sites (tertiary alicyclic amines) is 1. The number of carboxylic acid groups (broad SMARTS) is 1. The minimum atomic E-state index is -0.882. The molecule has 1 aliphatic rings. The van der Waals surface area contributed by atoms with E-state index in [9.17, 15) is 14.7 Å². The molecule has 6 heteroatoms. The van der Waals surface area contributed by atoms with E-state index in [1.165, 1.54) is 0 Å².